The molecule has 2 saturated heterocycles. The van der Waals surface area contributed by atoms with Crippen molar-refractivity contribution >= 4 is 33.4 Å². The van der Waals surface area contributed by atoms with Crippen molar-refractivity contribution in [3.05, 3.63) is 47.2 Å². The summed E-state index contributed by atoms with van der Waals surface area (Å²) in [5, 5.41) is 0. The molecule has 2 aliphatic rings. The largest absolute Gasteiger partial charge is 0.458 e. The second kappa shape index (κ2) is 8.26. The zero-order valence-electron chi connectivity index (χ0n) is 15.3. The third-order valence-electron chi connectivity index (χ3n) is 5.10. The molecule has 0 N–H and O–H groups in total. The van der Waals surface area contributed by atoms with Crippen LogP contribution in [0.25, 0.3) is 0 Å². The van der Waals surface area contributed by atoms with Gasteiger partial charge >= 0.3 is 6.01 Å². The van der Waals surface area contributed by atoms with E-state index >= 15 is 0 Å². The molecule has 1 aromatic heterocycles. The Morgan fingerprint density at radius 3 is 2.64 bits per heavy atom. The highest BCUT2D eigenvalue weighted by Gasteiger charge is 2.38. The number of aromatic nitrogens is 2. The molecule has 2 fully saturated rings. The van der Waals surface area contributed by atoms with Gasteiger partial charge in [0, 0.05) is 37.6 Å². The van der Waals surface area contributed by atoms with E-state index in [1.165, 1.54) is 0 Å². The van der Waals surface area contributed by atoms with E-state index in [1.807, 2.05) is 35.2 Å². The van der Waals surface area contributed by atoms with Crippen LogP contribution in [0.1, 0.15) is 19.3 Å². The molecule has 0 saturated carbocycles. The van der Waals surface area contributed by atoms with Crippen LogP contribution in [0.3, 0.4) is 0 Å². The second-order valence-electron chi connectivity index (χ2n) is 7.09. The van der Waals surface area contributed by atoms with Crippen molar-refractivity contribution in [1.29, 1.82) is 0 Å². The van der Waals surface area contributed by atoms with E-state index in [0.717, 1.165) is 23.0 Å². The highest BCUT2D eigenvalue weighted by molar-refractivity contribution is 9.10. The van der Waals surface area contributed by atoms with Gasteiger partial charge in [0.2, 0.25) is 11.8 Å². The number of anilines is 1. The first kappa shape index (κ1) is 18.9. The number of carbonyl (C=O) groups is 2. The van der Waals surface area contributed by atoms with E-state index in [0.29, 0.717) is 25.6 Å². The molecule has 8 heteroatoms. The molecule has 2 atom stereocenters. The molecule has 2 aromatic rings. The lowest BCUT2D eigenvalue weighted by molar-refractivity contribution is -0.138. The van der Waals surface area contributed by atoms with Gasteiger partial charge in [-0.3, -0.25) is 9.59 Å². The fourth-order valence-electron chi connectivity index (χ4n) is 3.73. The van der Waals surface area contributed by atoms with Crippen LogP contribution in [0.5, 0.6) is 6.01 Å². The molecule has 0 radical (unpaired) electrons. The van der Waals surface area contributed by atoms with Gasteiger partial charge in [0.1, 0.15) is 6.10 Å². The lowest BCUT2D eigenvalue weighted by atomic mass is 10.0. The van der Waals surface area contributed by atoms with E-state index in [1.54, 1.807) is 17.3 Å². The average molecular weight is 445 g/mol. The molecule has 146 valence electrons. The maximum Gasteiger partial charge on any atom is 0.316 e. The van der Waals surface area contributed by atoms with Gasteiger partial charge in [0.05, 0.1) is 16.9 Å². The summed E-state index contributed by atoms with van der Waals surface area (Å²) in [6.45, 7) is 1.61. The van der Waals surface area contributed by atoms with Crippen LogP contribution in [0, 0.1) is 5.92 Å². The molecule has 0 aliphatic carbocycles. The molecular weight excluding hydrogens is 424 g/mol. The number of amides is 2. The number of benzene rings is 1. The van der Waals surface area contributed by atoms with Crippen LogP contribution in [0.4, 0.5) is 5.69 Å². The monoisotopic (exact) mass is 444 g/mol. The third-order valence-corrected chi connectivity index (χ3v) is 5.51. The number of hydrogen-bond donors (Lipinski definition) is 0. The van der Waals surface area contributed by atoms with E-state index in [9.17, 15) is 9.59 Å². The number of para-hydroxylation sites is 1. The van der Waals surface area contributed by atoms with Crippen LogP contribution < -0.4 is 9.64 Å². The van der Waals surface area contributed by atoms with Gasteiger partial charge in [-0.2, -0.15) is 0 Å². The van der Waals surface area contributed by atoms with Gasteiger partial charge in [-0.1, -0.05) is 18.2 Å². The Hall–Kier alpha value is -2.48. The third kappa shape index (κ3) is 4.16. The normalized spacial score (nSPS) is 22.4. The van der Waals surface area contributed by atoms with E-state index in [4.69, 9.17) is 4.74 Å². The summed E-state index contributed by atoms with van der Waals surface area (Å²) in [4.78, 5) is 37.2. The van der Waals surface area contributed by atoms with Gasteiger partial charge in [0.15, 0.2) is 0 Å². The lowest BCUT2D eigenvalue weighted by Gasteiger charge is -2.33. The highest BCUT2D eigenvalue weighted by Crippen LogP contribution is 2.27. The molecule has 0 spiro atoms. The SMILES string of the molecule is O=C(C1CC(=O)N(c2ccccc2)C1)N1CCCC(Oc2ncc(Br)cn2)C1. The Balaban J connectivity index is 1.38. The molecule has 2 unspecified atom stereocenters. The highest BCUT2D eigenvalue weighted by atomic mass is 79.9. The Morgan fingerprint density at radius 1 is 1.14 bits per heavy atom. The first-order chi connectivity index (χ1) is 13.6. The predicted molar refractivity (Wildman–Crippen MR) is 107 cm³/mol. The van der Waals surface area contributed by atoms with Crippen LogP contribution in [-0.4, -0.2) is 52.4 Å². The van der Waals surface area contributed by atoms with Gasteiger partial charge in [-0.15, -0.1) is 0 Å². The van der Waals surface area contributed by atoms with Crippen LogP contribution in [-0.2, 0) is 9.59 Å². The van der Waals surface area contributed by atoms with Gasteiger partial charge in [0.25, 0.3) is 0 Å². The topological polar surface area (TPSA) is 75.6 Å². The summed E-state index contributed by atoms with van der Waals surface area (Å²) < 4.78 is 6.64. The number of ether oxygens (including phenoxy) is 1. The van der Waals surface area contributed by atoms with Crippen molar-refractivity contribution < 1.29 is 14.3 Å². The lowest BCUT2D eigenvalue weighted by Crippen LogP contribution is -2.47. The molecule has 3 heterocycles. The van der Waals surface area contributed by atoms with Gasteiger partial charge < -0.3 is 14.5 Å². The van der Waals surface area contributed by atoms with Crippen molar-refractivity contribution in [3.8, 4) is 6.01 Å². The molecule has 2 amide bonds. The Morgan fingerprint density at radius 2 is 1.89 bits per heavy atom. The molecule has 0 bridgehead atoms. The minimum Gasteiger partial charge on any atom is -0.458 e. The minimum absolute atomic E-state index is 0.00220. The zero-order valence-corrected chi connectivity index (χ0v) is 16.9. The maximum absolute atomic E-state index is 13.0. The summed E-state index contributed by atoms with van der Waals surface area (Å²) >= 11 is 3.30. The molecule has 1 aromatic carbocycles. The Kier molecular flexibility index (Phi) is 5.57. The standard InChI is InChI=1S/C20H21BrN4O3/c21-15-10-22-20(23-11-15)28-17-7-4-8-24(13-17)19(27)14-9-18(26)25(12-14)16-5-2-1-3-6-16/h1-3,5-6,10-11,14,17H,4,7-9,12-13H2. The van der Waals surface area contributed by atoms with Gasteiger partial charge in [-0.25, -0.2) is 9.97 Å². The number of nitrogens with zero attached hydrogens (tertiary/aromatic N) is 4. The van der Waals surface area contributed by atoms with E-state index in [-0.39, 0.29) is 30.3 Å². The van der Waals surface area contributed by atoms with Crippen molar-refractivity contribution in [2.24, 2.45) is 5.92 Å². The molecule has 2 aliphatic heterocycles. The number of halogens is 1. The fraction of sp³-hybridized carbons (Fsp3) is 0.400. The van der Waals surface area contributed by atoms with Crippen LogP contribution >= 0.6 is 15.9 Å². The van der Waals surface area contributed by atoms with Crippen LogP contribution in [0.15, 0.2) is 47.2 Å². The summed E-state index contributed by atoms with van der Waals surface area (Å²) in [6, 6.07) is 9.81. The first-order valence-corrected chi connectivity index (χ1v) is 10.2. The fourth-order valence-corrected chi connectivity index (χ4v) is 3.94. The smallest absolute Gasteiger partial charge is 0.316 e. The first-order valence-electron chi connectivity index (χ1n) is 9.38. The predicted octanol–water partition coefficient (Wildman–Crippen LogP) is 2.66. The zero-order chi connectivity index (χ0) is 19.5. The van der Waals surface area contributed by atoms with Crippen LogP contribution in [0.2, 0.25) is 0 Å². The average Bonchev–Trinajstić information content (AvgIpc) is 3.12. The summed E-state index contributed by atoms with van der Waals surface area (Å²) in [6.07, 6.45) is 5.10. The number of hydrogen-bond acceptors (Lipinski definition) is 5. The Labute approximate surface area is 171 Å². The van der Waals surface area contributed by atoms with Crippen molar-refractivity contribution in [1.82, 2.24) is 14.9 Å². The van der Waals surface area contributed by atoms with E-state index < -0.39 is 0 Å². The summed E-state index contributed by atoms with van der Waals surface area (Å²) in [5.41, 5.74) is 0.843. The summed E-state index contributed by atoms with van der Waals surface area (Å²) in [5.74, 6) is -0.287. The molecular formula is C20H21BrN4O3. The van der Waals surface area contributed by atoms with Crippen molar-refractivity contribution in [3.63, 3.8) is 0 Å². The van der Waals surface area contributed by atoms with Gasteiger partial charge in [-0.05, 0) is 40.9 Å². The second-order valence-corrected chi connectivity index (χ2v) is 8.01. The van der Waals surface area contributed by atoms with Crippen molar-refractivity contribution in [2.45, 2.75) is 25.4 Å². The number of rotatable bonds is 4. The minimum atomic E-state index is -0.310. The molecule has 28 heavy (non-hydrogen) atoms. The number of carbonyl (C=O) groups excluding carboxylic acids is 2. The summed E-state index contributed by atoms with van der Waals surface area (Å²) in [7, 11) is 0. The Bertz CT molecular complexity index is 846. The van der Waals surface area contributed by atoms with Crippen molar-refractivity contribution in [2.75, 3.05) is 24.5 Å². The number of likely N-dealkylation sites (tertiary alicyclic amines) is 1. The molecule has 4 rings (SSSR count). The quantitative estimate of drug-likeness (QED) is 0.724. The maximum atomic E-state index is 13.0. The number of piperidine rings is 1. The molecule has 7 nitrogen and oxygen atoms in total. The van der Waals surface area contributed by atoms with E-state index in [2.05, 4.69) is 25.9 Å².